The molecule has 2 aromatic rings. The SMILES string of the molecule is Cc1cc(N/C=C(/C#N)C(=O)Nc2cccc(C(=O)O)c2)ccc1Br. The number of benzene rings is 2. The van der Waals surface area contributed by atoms with Gasteiger partial charge in [0.1, 0.15) is 11.6 Å². The topological polar surface area (TPSA) is 102 Å². The molecule has 0 aliphatic carbocycles. The summed E-state index contributed by atoms with van der Waals surface area (Å²) >= 11 is 3.40. The van der Waals surface area contributed by atoms with E-state index in [4.69, 9.17) is 5.11 Å². The quantitative estimate of drug-likeness (QED) is 0.522. The number of carbonyl (C=O) groups excluding carboxylic acids is 1. The van der Waals surface area contributed by atoms with Gasteiger partial charge in [0.25, 0.3) is 5.91 Å². The zero-order valence-electron chi connectivity index (χ0n) is 13.2. The van der Waals surface area contributed by atoms with E-state index in [0.29, 0.717) is 5.69 Å². The number of hydrogen-bond donors (Lipinski definition) is 3. The highest BCUT2D eigenvalue weighted by atomic mass is 79.9. The lowest BCUT2D eigenvalue weighted by Gasteiger charge is -2.07. The average molecular weight is 400 g/mol. The van der Waals surface area contributed by atoms with Crippen molar-refractivity contribution in [1.29, 1.82) is 5.26 Å². The van der Waals surface area contributed by atoms with Crippen molar-refractivity contribution in [1.82, 2.24) is 0 Å². The summed E-state index contributed by atoms with van der Waals surface area (Å²) in [6.07, 6.45) is 1.30. The van der Waals surface area contributed by atoms with Crippen molar-refractivity contribution in [3.8, 4) is 6.07 Å². The second-order valence-electron chi connectivity index (χ2n) is 5.12. The predicted octanol–water partition coefficient (Wildman–Crippen LogP) is 3.91. The Morgan fingerprint density at radius 3 is 2.60 bits per heavy atom. The van der Waals surface area contributed by atoms with Gasteiger partial charge in [-0.05, 0) is 48.9 Å². The van der Waals surface area contributed by atoms with E-state index in [2.05, 4.69) is 26.6 Å². The number of nitrogens with one attached hydrogen (secondary N) is 2. The number of nitriles is 1. The van der Waals surface area contributed by atoms with Crippen molar-refractivity contribution in [2.24, 2.45) is 0 Å². The van der Waals surface area contributed by atoms with Crippen molar-refractivity contribution in [3.05, 3.63) is 69.8 Å². The summed E-state index contributed by atoms with van der Waals surface area (Å²) < 4.78 is 0.957. The molecule has 0 radical (unpaired) electrons. The first-order chi connectivity index (χ1) is 11.9. The molecule has 1 amide bonds. The van der Waals surface area contributed by atoms with E-state index >= 15 is 0 Å². The number of rotatable bonds is 5. The first-order valence-corrected chi connectivity index (χ1v) is 7.97. The van der Waals surface area contributed by atoms with Crippen LogP contribution in [0.15, 0.2) is 58.7 Å². The van der Waals surface area contributed by atoms with E-state index in [9.17, 15) is 14.9 Å². The predicted molar refractivity (Wildman–Crippen MR) is 98.2 cm³/mol. The molecule has 0 heterocycles. The van der Waals surface area contributed by atoms with Crippen LogP contribution in [0.5, 0.6) is 0 Å². The van der Waals surface area contributed by atoms with Gasteiger partial charge in [0.05, 0.1) is 5.56 Å². The summed E-state index contributed by atoms with van der Waals surface area (Å²) in [4.78, 5) is 23.1. The van der Waals surface area contributed by atoms with Crippen LogP contribution in [0.4, 0.5) is 11.4 Å². The number of aromatic carboxylic acids is 1. The maximum atomic E-state index is 12.2. The summed E-state index contributed by atoms with van der Waals surface area (Å²) in [6, 6.07) is 13.1. The highest BCUT2D eigenvalue weighted by molar-refractivity contribution is 9.10. The number of carboxylic acid groups (broad SMARTS) is 1. The van der Waals surface area contributed by atoms with Crippen LogP contribution in [0.3, 0.4) is 0 Å². The summed E-state index contributed by atoms with van der Waals surface area (Å²) in [7, 11) is 0. The number of carboxylic acids is 1. The van der Waals surface area contributed by atoms with Crippen LogP contribution < -0.4 is 10.6 Å². The standard InChI is InChI=1S/C18H14BrN3O3/c1-11-7-14(5-6-16(11)19)21-10-13(9-20)17(23)22-15-4-2-3-12(8-15)18(24)25/h2-8,10,21H,1H3,(H,22,23)(H,24,25)/b13-10-. The van der Waals surface area contributed by atoms with E-state index < -0.39 is 11.9 Å². The summed E-state index contributed by atoms with van der Waals surface area (Å²) in [5, 5.41) is 23.5. The molecule has 7 heteroatoms. The number of carbonyl (C=O) groups is 2. The Bertz CT molecular complexity index is 901. The second-order valence-corrected chi connectivity index (χ2v) is 5.97. The molecule has 2 aromatic carbocycles. The minimum atomic E-state index is -1.10. The van der Waals surface area contributed by atoms with Crippen LogP contribution in [0.2, 0.25) is 0 Å². The fourth-order valence-corrected chi connectivity index (χ4v) is 2.21. The Morgan fingerprint density at radius 2 is 1.96 bits per heavy atom. The van der Waals surface area contributed by atoms with Gasteiger partial charge in [-0.25, -0.2) is 4.79 Å². The minimum absolute atomic E-state index is 0.0451. The van der Waals surface area contributed by atoms with Crippen LogP contribution in [-0.4, -0.2) is 17.0 Å². The molecule has 0 unspecified atom stereocenters. The lowest BCUT2D eigenvalue weighted by atomic mass is 10.2. The van der Waals surface area contributed by atoms with Crippen molar-refractivity contribution in [2.75, 3.05) is 10.6 Å². The molecule has 0 saturated carbocycles. The number of anilines is 2. The molecule has 0 spiro atoms. The molecule has 2 rings (SSSR count). The molecule has 0 saturated heterocycles. The lowest BCUT2D eigenvalue weighted by Crippen LogP contribution is -2.15. The van der Waals surface area contributed by atoms with Gasteiger partial charge in [0.2, 0.25) is 0 Å². The molecule has 0 aromatic heterocycles. The van der Waals surface area contributed by atoms with Gasteiger partial charge in [0.15, 0.2) is 0 Å². The number of amides is 1. The van der Waals surface area contributed by atoms with Gasteiger partial charge in [0, 0.05) is 22.0 Å². The van der Waals surface area contributed by atoms with Crippen molar-refractivity contribution in [3.63, 3.8) is 0 Å². The fourth-order valence-electron chi connectivity index (χ4n) is 1.97. The van der Waals surface area contributed by atoms with Crippen molar-refractivity contribution >= 4 is 39.2 Å². The Labute approximate surface area is 152 Å². The number of aryl methyl sites for hydroxylation is 1. The maximum Gasteiger partial charge on any atom is 0.335 e. The lowest BCUT2D eigenvalue weighted by molar-refractivity contribution is -0.112. The molecule has 0 fully saturated rings. The van der Waals surface area contributed by atoms with Crippen molar-refractivity contribution < 1.29 is 14.7 Å². The average Bonchev–Trinajstić information content (AvgIpc) is 2.58. The van der Waals surface area contributed by atoms with Crippen LogP contribution >= 0.6 is 15.9 Å². The monoisotopic (exact) mass is 399 g/mol. The van der Waals surface area contributed by atoms with E-state index in [0.717, 1.165) is 15.7 Å². The van der Waals surface area contributed by atoms with E-state index in [1.54, 1.807) is 12.1 Å². The molecule has 25 heavy (non-hydrogen) atoms. The summed E-state index contributed by atoms with van der Waals surface area (Å²) in [5.74, 6) is -1.73. The highest BCUT2D eigenvalue weighted by Crippen LogP contribution is 2.20. The van der Waals surface area contributed by atoms with Gasteiger partial charge >= 0.3 is 5.97 Å². The molecular formula is C18H14BrN3O3. The third-order valence-corrected chi connectivity index (χ3v) is 4.16. The molecule has 0 atom stereocenters. The normalized spacial score (nSPS) is 10.7. The smallest absolute Gasteiger partial charge is 0.335 e. The van der Waals surface area contributed by atoms with Gasteiger partial charge in [-0.15, -0.1) is 0 Å². The maximum absolute atomic E-state index is 12.2. The second kappa shape index (κ2) is 8.13. The third-order valence-electron chi connectivity index (χ3n) is 3.27. The first-order valence-electron chi connectivity index (χ1n) is 7.18. The zero-order chi connectivity index (χ0) is 18.4. The van der Waals surface area contributed by atoms with E-state index in [-0.39, 0.29) is 11.1 Å². The molecule has 126 valence electrons. The molecule has 0 bridgehead atoms. The fraction of sp³-hybridized carbons (Fsp3) is 0.0556. The highest BCUT2D eigenvalue weighted by Gasteiger charge is 2.11. The minimum Gasteiger partial charge on any atom is -0.478 e. The Hall–Kier alpha value is -3.11. The molecule has 3 N–H and O–H groups in total. The molecular weight excluding hydrogens is 386 g/mol. The van der Waals surface area contributed by atoms with Crippen LogP contribution in [0, 0.1) is 18.3 Å². The Morgan fingerprint density at radius 1 is 1.20 bits per heavy atom. The zero-order valence-corrected chi connectivity index (χ0v) is 14.8. The summed E-state index contributed by atoms with van der Waals surface area (Å²) in [5.41, 5.74) is 1.94. The number of nitrogens with zero attached hydrogens (tertiary/aromatic N) is 1. The van der Waals surface area contributed by atoms with Gasteiger partial charge in [-0.2, -0.15) is 5.26 Å². The Balaban J connectivity index is 2.12. The summed E-state index contributed by atoms with van der Waals surface area (Å²) in [6.45, 7) is 1.92. The Kier molecular flexibility index (Phi) is 5.93. The molecule has 6 nitrogen and oxygen atoms in total. The van der Waals surface area contributed by atoms with Crippen LogP contribution in [-0.2, 0) is 4.79 Å². The van der Waals surface area contributed by atoms with Gasteiger partial charge < -0.3 is 15.7 Å². The van der Waals surface area contributed by atoms with Gasteiger partial charge in [-0.1, -0.05) is 22.0 Å². The first kappa shape index (κ1) is 18.2. The largest absolute Gasteiger partial charge is 0.478 e. The third kappa shape index (κ3) is 4.93. The molecule has 0 aliphatic rings. The van der Waals surface area contributed by atoms with Crippen molar-refractivity contribution in [2.45, 2.75) is 6.92 Å². The van der Waals surface area contributed by atoms with Crippen LogP contribution in [0.1, 0.15) is 15.9 Å². The van der Waals surface area contributed by atoms with E-state index in [1.165, 1.54) is 24.4 Å². The molecule has 0 aliphatic heterocycles. The van der Waals surface area contributed by atoms with Gasteiger partial charge in [-0.3, -0.25) is 4.79 Å². The number of hydrogen-bond acceptors (Lipinski definition) is 4. The van der Waals surface area contributed by atoms with E-state index in [1.807, 2.05) is 25.1 Å². The van der Waals surface area contributed by atoms with Crippen LogP contribution in [0.25, 0.3) is 0 Å². The number of halogens is 1.